The number of ether oxygens (including phenoxy) is 4. The Morgan fingerprint density at radius 2 is 0.795 bits per heavy atom. The summed E-state index contributed by atoms with van der Waals surface area (Å²) in [5, 5.41) is 87.4. The fourth-order valence-electron chi connectivity index (χ4n) is 11.2. The molecule has 0 aromatic heterocycles. The Morgan fingerprint density at radius 3 is 1.22 bits per heavy atom. The Bertz CT molecular complexity index is 1580. The number of amides is 1. The smallest absolute Gasteiger partial charge is 0.220 e. The molecule has 2 rings (SSSR count). The van der Waals surface area contributed by atoms with E-state index in [0.717, 1.165) is 57.8 Å². The van der Waals surface area contributed by atoms with Gasteiger partial charge >= 0.3 is 0 Å². The number of hydrogen-bond acceptors (Lipinski definition) is 13. The molecule has 486 valence electrons. The number of carbonyl (C=O) groups excluding carboxylic acids is 1. The van der Waals surface area contributed by atoms with Crippen molar-refractivity contribution >= 4 is 5.91 Å². The van der Waals surface area contributed by atoms with E-state index in [2.05, 4.69) is 55.6 Å². The largest absolute Gasteiger partial charge is 0.394 e. The standard InChI is InChI=1S/C69H127NO13/c1-3-5-7-9-11-13-15-17-19-21-23-25-27-29-31-33-35-37-39-41-43-45-47-49-51-53-61(74)70-57(56-80-68-66(79)64(77)67(60(55-72)82-68)83-69-65(78)63(76)62(75)59(54-71)81-69)58(73)52-50-48-46-44-42-40-38-36-34-32-30-28-26-24-22-20-18-16-14-12-10-8-6-4-2/h15,17,21,23,27,29,50,52,57-60,62-69,71-73,75-79H,3-14,16,18-20,22,24-26,28,30-49,51,53-56H2,1-2H3,(H,70,74)/b17-15-,23-21-,29-27-,52-50+. The number of rotatable bonds is 56. The molecule has 9 N–H and O–H groups in total. The van der Waals surface area contributed by atoms with Gasteiger partial charge in [0.1, 0.15) is 48.8 Å². The lowest BCUT2D eigenvalue weighted by molar-refractivity contribution is -0.359. The maximum atomic E-state index is 13.3. The molecule has 2 fully saturated rings. The van der Waals surface area contributed by atoms with Crippen LogP contribution in [-0.4, -0.2) is 140 Å². The van der Waals surface area contributed by atoms with Crippen molar-refractivity contribution in [2.75, 3.05) is 19.8 Å². The summed E-state index contributed by atoms with van der Waals surface area (Å²) in [6.07, 6.45) is 52.9. The Morgan fingerprint density at radius 1 is 0.434 bits per heavy atom. The summed E-state index contributed by atoms with van der Waals surface area (Å²) in [4.78, 5) is 13.3. The third-order valence-corrected chi connectivity index (χ3v) is 16.8. The van der Waals surface area contributed by atoms with Crippen LogP contribution in [0.2, 0.25) is 0 Å². The van der Waals surface area contributed by atoms with Crippen LogP contribution in [-0.2, 0) is 23.7 Å². The minimum absolute atomic E-state index is 0.241. The summed E-state index contributed by atoms with van der Waals surface area (Å²) in [6.45, 7) is 2.82. The van der Waals surface area contributed by atoms with E-state index in [1.807, 2.05) is 6.08 Å². The van der Waals surface area contributed by atoms with Gasteiger partial charge in [-0.3, -0.25) is 4.79 Å². The van der Waals surface area contributed by atoms with E-state index in [0.29, 0.717) is 6.42 Å². The predicted octanol–water partition coefficient (Wildman–Crippen LogP) is 13.5. The van der Waals surface area contributed by atoms with Crippen molar-refractivity contribution < 1.29 is 64.6 Å². The lowest BCUT2D eigenvalue weighted by Gasteiger charge is -2.46. The van der Waals surface area contributed by atoms with Gasteiger partial charge in [-0.15, -0.1) is 0 Å². The number of unbranched alkanes of at least 4 members (excludes halogenated alkanes) is 37. The zero-order valence-electron chi connectivity index (χ0n) is 52.7. The molecular weight excluding hydrogens is 1050 g/mol. The molecule has 2 aliphatic heterocycles. The average molecular weight is 1180 g/mol. The SMILES string of the molecule is CCCCCCC/C=C\C/C=C\C/C=C\CCCCCCCCCCCCC(=O)NC(COC1OC(CO)C(OC2OC(CO)C(O)C(O)C2O)C(O)C1O)C(O)/C=C/CCCCCCCCCCCCCCCCCCCCCCCC. The number of allylic oxidation sites excluding steroid dienone is 7. The van der Waals surface area contributed by atoms with Gasteiger partial charge < -0.3 is 65.1 Å². The summed E-state index contributed by atoms with van der Waals surface area (Å²) in [7, 11) is 0. The highest BCUT2D eigenvalue weighted by Crippen LogP contribution is 2.30. The molecule has 0 spiro atoms. The number of aliphatic hydroxyl groups excluding tert-OH is 8. The Kier molecular flexibility index (Phi) is 50.2. The number of aliphatic hydroxyl groups is 8. The average Bonchev–Trinajstić information content (AvgIpc) is 3.65. The molecule has 2 aliphatic rings. The Labute approximate surface area is 505 Å². The minimum Gasteiger partial charge on any atom is -0.394 e. The van der Waals surface area contributed by atoms with Gasteiger partial charge in [0.2, 0.25) is 5.91 Å². The summed E-state index contributed by atoms with van der Waals surface area (Å²) in [5.74, 6) is -0.241. The van der Waals surface area contributed by atoms with Crippen molar-refractivity contribution in [3.05, 3.63) is 48.6 Å². The van der Waals surface area contributed by atoms with E-state index < -0.39 is 86.8 Å². The van der Waals surface area contributed by atoms with Gasteiger partial charge in [-0.1, -0.05) is 274 Å². The fraction of sp³-hybridized carbons (Fsp3) is 0.870. The first kappa shape index (κ1) is 77.0. The Balaban J connectivity index is 1.71. The Hall–Kier alpha value is -2.05. The second-order valence-corrected chi connectivity index (χ2v) is 24.3. The van der Waals surface area contributed by atoms with E-state index in [-0.39, 0.29) is 18.9 Å². The lowest BCUT2D eigenvalue weighted by atomic mass is 9.97. The van der Waals surface area contributed by atoms with Gasteiger partial charge in [-0.2, -0.15) is 0 Å². The van der Waals surface area contributed by atoms with E-state index >= 15 is 0 Å². The van der Waals surface area contributed by atoms with Gasteiger partial charge in [0.05, 0.1) is 32.0 Å². The first-order chi connectivity index (χ1) is 40.6. The van der Waals surface area contributed by atoms with Crippen LogP contribution in [0, 0.1) is 0 Å². The summed E-state index contributed by atoms with van der Waals surface area (Å²) in [6, 6.07) is -0.919. The molecule has 0 aliphatic carbocycles. The molecule has 83 heavy (non-hydrogen) atoms. The van der Waals surface area contributed by atoms with E-state index in [4.69, 9.17) is 18.9 Å². The molecular formula is C69H127NO13. The normalized spacial score (nSPS) is 24.1. The van der Waals surface area contributed by atoms with E-state index in [9.17, 15) is 45.6 Å². The molecule has 0 bridgehead atoms. The third kappa shape index (κ3) is 38.8. The van der Waals surface area contributed by atoms with Crippen molar-refractivity contribution in [1.82, 2.24) is 5.32 Å². The maximum absolute atomic E-state index is 13.3. The second-order valence-electron chi connectivity index (χ2n) is 24.3. The highest BCUT2D eigenvalue weighted by Gasteiger charge is 2.51. The van der Waals surface area contributed by atoms with Crippen LogP contribution in [0.1, 0.15) is 290 Å². The van der Waals surface area contributed by atoms with Crippen molar-refractivity contribution in [2.24, 2.45) is 0 Å². The van der Waals surface area contributed by atoms with Gasteiger partial charge in [0.25, 0.3) is 0 Å². The molecule has 2 heterocycles. The highest BCUT2D eigenvalue weighted by atomic mass is 16.7. The fourth-order valence-corrected chi connectivity index (χ4v) is 11.2. The third-order valence-electron chi connectivity index (χ3n) is 16.8. The van der Waals surface area contributed by atoms with Gasteiger partial charge in [0, 0.05) is 6.42 Å². The molecule has 12 unspecified atom stereocenters. The molecule has 0 saturated carbocycles. The summed E-state index contributed by atoms with van der Waals surface area (Å²) < 4.78 is 22.9. The quantitative estimate of drug-likeness (QED) is 0.0204. The van der Waals surface area contributed by atoms with Crippen LogP contribution >= 0.6 is 0 Å². The molecule has 0 aromatic rings. The topological polar surface area (TPSA) is 228 Å². The van der Waals surface area contributed by atoms with Gasteiger partial charge in [-0.05, 0) is 57.8 Å². The lowest BCUT2D eigenvalue weighted by Crippen LogP contribution is -2.65. The molecule has 0 aromatic carbocycles. The molecule has 1 amide bonds. The van der Waals surface area contributed by atoms with Crippen molar-refractivity contribution in [3.8, 4) is 0 Å². The molecule has 0 radical (unpaired) electrons. The summed E-state index contributed by atoms with van der Waals surface area (Å²) in [5.41, 5.74) is 0. The van der Waals surface area contributed by atoms with Crippen LogP contribution in [0.25, 0.3) is 0 Å². The molecule has 14 heteroatoms. The van der Waals surface area contributed by atoms with E-state index in [1.54, 1.807) is 6.08 Å². The van der Waals surface area contributed by atoms with Gasteiger partial charge in [0.15, 0.2) is 12.6 Å². The molecule has 12 atom stereocenters. The molecule has 14 nitrogen and oxygen atoms in total. The van der Waals surface area contributed by atoms with Gasteiger partial charge in [-0.25, -0.2) is 0 Å². The van der Waals surface area contributed by atoms with E-state index in [1.165, 1.54) is 205 Å². The predicted molar refractivity (Wildman–Crippen MR) is 337 cm³/mol. The number of carbonyl (C=O) groups is 1. The van der Waals surface area contributed by atoms with Crippen LogP contribution < -0.4 is 5.32 Å². The minimum atomic E-state index is -1.79. The first-order valence-corrected chi connectivity index (χ1v) is 34.4. The highest BCUT2D eigenvalue weighted by molar-refractivity contribution is 5.76. The first-order valence-electron chi connectivity index (χ1n) is 34.4. The van der Waals surface area contributed by atoms with Crippen LogP contribution in [0.4, 0.5) is 0 Å². The number of nitrogens with one attached hydrogen (secondary N) is 1. The zero-order valence-corrected chi connectivity index (χ0v) is 52.7. The van der Waals surface area contributed by atoms with Crippen LogP contribution in [0.15, 0.2) is 48.6 Å². The number of hydrogen-bond donors (Lipinski definition) is 9. The summed E-state index contributed by atoms with van der Waals surface area (Å²) >= 11 is 0. The maximum Gasteiger partial charge on any atom is 0.220 e. The second kappa shape index (κ2) is 54.1. The monoisotopic (exact) mass is 1180 g/mol. The van der Waals surface area contributed by atoms with Crippen molar-refractivity contribution in [3.63, 3.8) is 0 Å². The zero-order chi connectivity index (χ0) is 60.2. The van der Waals surface area contributed by atoms with Crippen LogP contribution in [0.3, 0.4) is 0 Å². The van der Waals surface area contributed by atoms with Crippen molar-refractivity contribution in [2.45, 2.75) is 364 Å². The van der Waals surface area contributed by atoms with Crippen molar-refractivity contribution in [1.29, 1.82) is 0 Å². The molecule has 2 saturated heterocycles. The van der Waals surface area contributed by atoms with Crippen LogP contribution in [0.5, 0.6) is 0 Å².